The number of sulfonamides is 1. The van der Waals surface area contributed by atoms with Gasteiger partial charge in [0.25, 0.3) is 0 Å². The molecule has 0 fully saturated rings. The zero-order valence-electron chi connectivity index (χ0n) is 11.6. The minimum Gasteiger partial charge on any atom is -0.319 e. The molecule has 108 valence electrons. The van der Waals surface area contributed by atoms with Gasteiger partial charge in [0.15, 0.2) is 0 Å². The molecule has 0 saturated heterocycles. The smallest absolute Gasteiger partial charge is 0.240 e. The fraction of sp³-hybridized carbons (Fsp3) is 0.538. The van der Waals surface area contributed by atoms with Crippen LogP contribution in [0, 0.1) is 0 Å². The molecule has 0 saturated carbocycles. The Labute approximate surface area is 120 Å². The summed E-state index contributed by atoms with van der Waals surface area (Å²) in [5, 5.41) is 3.07. The van der Waals surface area contributed by atoms with Crippen LogP contribution in [0.4, 0.5) is 0 Å². The van der Waals surface area contributed by atoms with Gasteiger partial charge in [0, 0.05) is 11.8 Å². The number of nitrogens with one attached hydrogen (secondary N) is 2. The fourth-order valence-corrected chi connectivity index (χ4v) is 3.65. The van der Waals surface area contributed by atoms with Gasteiger partial charge in [-0.05, 0) is 50.9 Å². The predicted molar refractivity (Wildman–Crippen MR) is 82.2 cm³/mol. The van der Waals surface area contributed by atoms with Crippen LogP contribution in [0.3, 0.4) is 0 Å². The first-order valence-electron chi connectivity index (χ1n) is 6.24. The summed E-state index contributed by atoms with van der Waals surface area (Å²) in [6.07, 6.45) is 2.86. The van der Waals surface area contributed by atoms with Gasteiger partial charge in [0.1, 0.15) is 0 Å². The Morgan fingerprint density at radius 3 is 2.42 bits per heavy atom. The van der Waals surface area contributed by atoms with Crippen molar-refractivity contribution in [2.75, 3.05) is 25.6 Å². The molecule has 1 atom stereocenters. The third kappa shape index (κ3) is 5.52. The Balaban J connectivity index is 2.73. The van der Waals surface area contributed by atoms with E-state index < -0.39 is 10.0 Å². The Morgan fingerprint density at radius 1 is 1.26 bits per heavy atom. The van der Waals surface area contributed by atoms with Crippen molar-refractivity contribution in [3.8, 4) is 0 Å². The monoisotopic (exact) mass is 302 g/mol. The van der Waals surface area contributed by atoms with Crippen LogP contribution in [-0.4, -0.2) is 40.1 Å². The van der Waals surface area contributed by atoms with Crippen LogP contribution in [0.1, 0.15) is 12.5 Å². The van der Waals surface area contributed by atoms with Crippen molar-refractivity contribution >= 4 is 21.8 Å². The van der Waals surface area contributed by atoms with Gasteiger partial charge in [0.2, 0.25) is 10.0 Å². The van der Waals surface area contributed by atoms with E-state index in [9.17, 15) is 8.42 Å². The first-order chi connectivity index (χ1) is 8.99. The van der Waals surface area contributed by atoms with E-state index in [1.165, 1.54) is 0 Å². The third-order valence-corrected chi connectivity index (χ3v) is 5.11. The van der Waals surface area contributed by atoms with Crippen molar-refractivity contribution in [1.29, 1.82) is 0 Å². The van der Waals surface area contributed by atoms with Gasteiger partial charge in [0.05, 0.1) is 4.90 Å². The van der Waals surface area contributed by atoms with Crippen LogP contribution in [0.5, 0.6) is 0 Å². The number of hydrogen-bond acceptors (Lipinski definition) is 4. The van der Waals surface area contributed by atoms with Crippen LogP contribution in [0.25, 0.3) is 0 Å². The average molecular weight is 302 g/mol. The van der Waals surface area contributed by atoms with Gasteiger partial charge in [-0.15, -0.1) is 0 Å². The van der Waals surface area contributed by atoms with E-state index in [4.69, 9.17) is 0 Å². The fourth-order valence-electron chi connectivity index (χ4n) is 1.72. The van der Waals surface area contributed by atoms with Crippen LogP contribution in [0.2, 0.25) is 0 Å². The summed E-state index contributed by atoms with van der Waals surface area (Å²) in [7, 11) is -1.50. The zero-order valence-corrected chi connectivity index (χ0v) is 13.3. The minimum absolute atomic E-state index is 0.0658. The van der Waals surface area contributed by atoms with Crippen molar-refractivity contribution in [1.82, 2.24) is 10.0 Å². The average Bonchev–Trinajstić information content (AvgIpc) is 2.36. The molecule has 1 aromatic rings. The topological polar surface area (TPSA) is 58.2 Å². The second-order valence-electron chi connectivity index (χ2n) is 4.48. The molecule has 2 N–H and O–H groups in total. The van der Waals surface area contributed by atoms with E-state index in [0.717, 1.165) is 24.3 Å². The lowest BCUT2D eigenvalue weighted by Gasteiger charge is -2.13. The lowest BCUT2D eigenvalue weighted by Crippen LogP contribution is -2.34. The standard InChI is InChI=1S/C13H22N2O2S2/c1-11(10-18-3)15-19(16,17)13-6-4-12(5-7-13)8-9-14-2/h4-7,11,14-15H,8-10H2,1-3H3. The SMILES string of the molecule is CNCCc1ccc(S(=O)(=O)NC(C)CSC)cc1. The molecule has 1 rings (SSSR count). The summed E-state index contributed by atoms with van der Waals surface area (Å²) in [4.78, 5) is 0.327. The van der Waals surface area contributed by atoms with Crippen molar-refractivity contribution in [2.45, 2.75) is 24.3 Å². The van der Waals surface area contributed by atoms with E-state index >= 15 is 0 Å². The molecule has 0 aliphatic heterocycles. The lowest BCUT2D eigenvalue weighted by molar-refractivity contribution is 0.571. The summed E-state index contributed by atoms with van der Waals surface area (Å²) >= 11 is 1.62. The molecular formula is C13H22N2O2S2. The minimum atomic E-state index is -3.40. The second-order valence-corrected chi connectivity index (χ2v) is 7.10. The van der Waals surface area contributed by atoms with Crippen molar-refractivity contribution in [2.24, 2.45) is 0 Å². The first-order valence-corrected chi connectivity index (χ1v) is 9.12. The number of thioether (sulfide) groups is 1. The van der Waals surface area contributed by atoms with Crippen molar-refractivity contribution in [3.05, 3.63) is 29.8 Å². The first kappa shape index (κ1) is 16.5. The van der Waals surface area contributed by atoms with Crippen molar-refractivity contribution in [3.63, 3.8) is 0 Å². The predicted octanol–water partition coefficient (Wildman–Crippen LogP) is 1.48. The molecule has 1 unspecified atom stereocenters. The molecule has 0 amide bonds. The number of rotatable bonds is 8. The lowest BCUT2D eigenvalue weighted by atomic mass is 10.1. The number of hydrogen-bond donors (Lipinski definition) is 2. The van der Waals surface area contributed by atoms with E-state index in [2.05, 4.69) is 10.0 Å². The van der Waals surface area contributed by atoms with Crippen LogP contribution in [0.15, 0.2) is 29.2 Å². The maximum absolute atomic E-state index is 12.1. The Morgan fingerprint density at radius 2 is 1.89 bits per heavy atom. The third-order valence-electron chi connectivity index (χ3n) is 2.67. The Kier molecular flexibility index (Phi) is 6.85. The molecule has 19 heavy (non-hydrogen) atoms. The van der Waals surface area contributed by atoms with E-state index in [0.29, 0.717) is 4.90 Å². The Bertz CT molecular complexity index is 472. The normalized spacial score (nSPS) is 13.4. The molecule has 0 heterocycles. The molecule has 0 bridgehead atoms. The van der Waals surface area contributed by atoms with Gasteiger partial charge in [-0.25, -0.2) is 13.1 Å². The number of likely N-dealkylation sites (N-methyl/N-ethyl adjacent to an activating group) is 1. The molecule has 0 spiro atoms. The largest absolute Gasteiger partial charge is 0.319 e. The summed E-state index contributed by atoms with van der Waals surface area (Å²) < 4.78 is 26.9. The van der Waals surface area contributed by atoms with Gasteiger partial charge in [-0.3, -0.25) is 0 Å². The molecule has 6 heteroatoms. The maximum atomic E-state index is 12.1. The Hall–Kier alpha value is -0.560. The van der Waals surface area contributed by atoms with Crippen LogP contribution in [-0.2, 0) is 16.4 Å². The zero-order chi connectivity index (χ0) is 14.3. The summed E-state index contributed by atoms with van der Waals surface area (Å²) in [5.74, 6) is 0.763. The summed E-state index contributed by atoms with van der Waals surface area (Å²) in [6.45, 7) is 2.75. The number of benzene rings is 1. The van der Waals surface area contributed by atoms with Gasteiger partial charge in [-0.1, -0.05) is 12.1 Å². The molecule has 0 aromatic heterocycles. The highest BCUT2D eigenvalue weighted by Crippen LogP contribution is 2.12. The molecule has 0 aliphatic rings. The quantitative estimate of drug-likeness (QED) is 0.764. The van der Waals surface area contributed by atoms with E-state index in [-0.39, 0.29) is 6.04 Å². The summed E-state index contributed by atoms with van der Waals surface area (Å²) in [6, 6.07) is 7.00. The highest BCUT2D eigenvalue weighted by atomic mass is 32.2. The van der Waals surface area contributed by atoms with Crippen LogP contribution < -0.4 is 10.0 Å². The molecule has 4 nitrogen and oxygen atoms in total. The van der Waals surface area contributed by atoms with Crippen LogP contribution >= 0.6 is 11.8 Å². The second kappa shape index (κ2) is 7.89. The molecular weight excluding hydrogens is 280 g/mol. The molecule has 0 aliphatic carbocycles. The van der Waals surface area contributed by atoms with E-state index in [1.54, 1.807) is 23.9 Å². The van der Waals surface area contributed by atoms with Gasteiger partial charge >= 0.3 is 0 Å². The molecule has 1 aromatic carbocycles. The summed E-state index contributed by atoms with van der Waals surface area (Å²) in [5.41, 5.74) is 1.13. The maximum Gasteiger partial charge on any atom is 0.240 e. The van der Waals surface area contributed by atoms with Crippen molar-refractivity contribution < 1.29 is 8.42 Å². The molecule has 0 radical (unpaired) electrons. The van der Waals surface area contributed by atoms with E-state index in [1.807, 2.05) is 32.4 Å². The highest BCUT2D eigenvalue weighted by Gasteiger charge is 2.16. The van der Waals surface area contributed by atoms with Gasteiger partial charge < -0.3 is 5.32 Å². The highest BCUT2D eigenvalue weighted by molar-refractivity contribution is 7.98. The van der Waals surface area contributed by atoms with Gasteiger partial charge in [-0.2, -0.15) is 11.8 Å².